The van der Waals surface area contributed by atoms with Gasteiger partial charge in [0.1, 0.15) is 11.5 Å². The third kappa shape index (κ3) is 5.38. The van der Waals surface area contributed by atoms with Crippen LogP contribution in [0, 0.1) is 0 Å². The van der Waals surface area contributed by atoms with Gasteiger partial charge >= 0.3 is 0 Å². The van der Waals surface area contributed by atoms with E-state index in [0.29, 0.717) is 17.5 Å². The Morgan fingerprint density at radius 2 is 0.962 bits per heavy atom. The normalized spacial score (nSPS) is 12.2. The molecular formula is C47H34N4O2. The lowest BCUT2D eigenvalue weighted by Crippen LogP contribution is -2.08. The lowest BCUT2D eigenvalue weighted by atomic mass is 9.84. The second-order valence-corrected chi connectivity index (χ2v) is 13.6. The number of rotatable bonds is 6. The molecule has 10 rings (SSSR count). The topological polar surface area (TPSA) is 62.1 Å². The molecule has 1 aliphatic carbocycles. The molecule has 0 fully saturated rings. The summed E-state index contributed by atoms with van der Waals surface area (Å²) in [5.41, 5.74) is 11.8. The van der Waals surface area contributed by atoms with Gasteiger partial charge in [0.25, 0.3) is 0 Å². The fraction of sp³-hybridized carbons (Fsp3) is 0.0851. The monoisotopic (exact) mass is 686 g/mol. The Balaban J connectivity index is 1.02. The summed E-state index contributed by atoms with van der Waals surface area (Å²) in [5.74, 6) is 3.66. The highest BCUT2D eigenvalue weighted by atomic mass is 16.5. The molecule has 0 radical (unpaired) electrons. The molecule has 1 aliphatic rings. The van der Waals surface area contributed by atoms with E-state index < -0.39 is 0 Å². The van der Waals surface area contributed by atoms with Crippen molar-refractivity contribution in [1.29, 1.82) is 0 Å². The number of benzene rings is 7. The first-order chi connectivity index (χ1) is 26.1. The van der Waals surface area contributed by atoms with E-state index in [1.807, 2.05) is 72.8 Å². The van der Waals surface area contributed by atoms with Crippen LogP contribution in [-0.4, -0.2) is 33.7 Å². The van der Waals surface area contributed by atoms with Gasteiger partial charge in [-0.05, 0) is 100 Å². The molecule has 0 amide bonds. The third-order valence-corrected chi connectivity index (χ3v) is 10.5. The van der Waals surface area contributed by atoms with Gasteiger partial charge in [0.15, 0.2) is 17.5 Å². The van der Waals surface area contributed by atoms with Crippen molar-refractivity contribution in [2.45, 2.75) is 12.8 Å². The Kier molecular flexibility index (Phi) is 7.29. The fourth-order valence-electron chi connectivity index (χ4n) is 7.81. The van der Waals surface area contributed by atoms with Crippen molar-refractivity contribution in [1.82, 2.24) is 19.5 Å². The van der Waals surface area contributed by atoms with E-state index in [0.717, 1.165) is 68.5 Å². The van der Waals surface area contributed by atoms with Crippen molar-refractivity contribution in [3.05, 3.63) is 168 Å². The first-order valence-corrected chi connectivity index (χ1v) is 17.8. The van der Waals surface area contributed by atoms with E-state index >= 15 is 0 Å². The summed E-state index contributed by atoms with van der Waals surface area (Å²) in [6.07, 6.45) is 1.76. The Morgan fingerprint density at radius 3 is 1.55 bits per heavy atom. The van der Waals surface area contributed by atoms with Crippen molar-refractivity contribution < 1.29 is 9.47 Å². The van der Waals surface area contributed by atoms with Gasteiger partial charge in [-0.15, -0.1) is 0 Å². The Hall–Kier alpha value is -6.79. The number of hydrogen-bond donors (Lipinski definition) is 0. The first kappa shape index (κ1) is 31.0. The SMILES string of the molecule is COc1ccc2c(c1)c1cc(OC)ccc1n2-c1ccc2c(c1)Cc1cc3ccc(-c4nc(-c5ccccc5)nc(-c5ccccc5)n4)cc3cc1C2. The highest BCUT2D eigenvalue weighted by Gasteiger charge is 2.20. The molecule has 0 N–H and O–H groups in total. The molecule has 7 aromatic carbocycles. The highest BCUT2D eigenvalue weighted by Crippen LogP contribution is 2.38. The smallest absolute Gasteiger partial charge is 0.164 e. The zero-order valence-electron chi connectivity index (χ0n) is 29.4. The largest absolute Gasteiger partial charge is 0.497 e. The number of methoxy groups -OCH3 is 2. The number of hydrogen-bond acceptors (Lipinski definition) is 5. The quantitative estimate of drug-likeness (QED) is 0.174. The molecular weight excluding hydrogens is 653 g/mol. The van der Waals surface area contributed by atoms with Gasteiger partial charge in [0.05, 0.1) is 25.3 Å². The fourth-order valence-corrected chi connectivity index (χ4v) is 7.81. The van der Waals surface area contributed by atoms with Crippen LogP contribution in [0.25, 0.3) is 72.4 Å². The molecule has 9 aromatic rings. The summed E-state index contributed by atoms with van der Waals surface area (Å²) in [5, 5.41) is 4.66. The minimum absolute atomic E-state index is 0.663. The molecule has 0 unspecified atom stereocenters. The maximum Gasteiger partial charge on any atom is 0.164 e. The number of aromatic nitrogens is 4. The van der Waals surface area contributed by atoms with Crippen molar-refractivity contribution in [2.75, 3.05) is 14.2 Å². The molecule has 0 aliphatic heterocycles. The minimum atomic E-state index is 0.663. The molecule has 53 heavy (non-hydrogen) atoms. The van der Waals surface area contributed by atoms with Gasteiger partial charge in [-0.1, -0.05) is 91.0 Å². The van der Waals surface area contributed by atoms with Gasteiger partial charge in [0, 0.05) is 33.2 Å². The van der Waals surface area contributed by atoms with Gasteiger partial charge in [0.2, 0.25) is 0 Å². The van der Waals surface area contributed by atoms with E-state index in [1.54, 1.807) is 14.2 Å². The van der Waals surface area contributed by atoms with Gasteiger partial charge in [-0.2, -0.15) is 0 Å². The predicted octanol–water partition coefficient (Wildman–Crippen LogP) is 10.6. The van der Waals surface area contributed by atoms with E-state index in [4.69, 9.17) is 24.4 Å². The number of nitrogens with zero attached hydrogens (tertiary/aromatic N) is 4. The average Bonchev–Trinajstić information content (AvgIpc) is 3.55. The molecule has 0 atom stereocenters. The van der Waals surface area contributed by atoms with Gasteiger partial charge < -0.3 is 14.0 Å². The lowest BCUT2D eigenvalue weighted by Gasteiger charge is -2.22. The first-order valence-electron chi connectivity index (χ1n) is 17.8. The molecule has 0 saturated carbocycles. The summed E-state index contributed by atoms with van der Waals surface area (Å²) in [4.78, 5) is 14.8. The van der Waals surface area contributed by atoms with Crippen LogP contribution in [-0.2, 0) is 12.8 Å². The van der Waals surface area contributed by atoms with E-state index in [9.17, 15) is 0 Å². The molecule has 0 bridgehead atoms. The molecule has 254 valence electrons. The number of fused-ring (bicyclic) bond motifs is 6. The van der Waals surface area contributed by atoms with Crippen molar-refractivity contribution >= 4 is 32.6 Å². The van der Waals surface area contributed by atoms with Gasteiger partial charge in [-0.25, -0.2) is 15.0 Å². The second kappa shape index (κ2) is 12.5. The zero-order chi connectivity index (χ0) is 35.5. The summed E-state index contributed by atoms with van der Waals surface area (Å²) in [6, 6.07) is 51.0. The van der Waals surface area contributed by atoms with Crippen molar-refractivity contribution in [2.24, 2.45) is 0 Å². The number of ether oxygens (including phenoxy) is 2. The lowest BCUT2D eigenvalue weighted by molar-refractivity contribution is 0.415. The Labute approximate surface area is 307 Å². The summed E-state index contributed by atoms with van der Waals surface area (Å²) >= 11 is 0. The predicted molar refractivity (Wildman–Crippen MR) is 213 cm³/mol. The maximum atomic E-state index is 5.60. The van der Waals surface area contributed by atoms with Crippen LogP contribution in [0.15, 0.2) is 146 Å². The van der Waals surface area contributed by atoms with Crippen LogP contribution >= 0.6 is 0 Å². The van der Waals surface area contributed by atoms with E-state index in [1.165, 1.54) is 33.0 Å². The second-order valence-electron chi connectivity index (χ2n) is 13.6. The summed E-state index contributed by atoms with van der Waals surface area (Å²) < 4.78 is 13.6. The Bertz CT molecular complexity index is 2740. The molecule has 6 heteroatoms. The Morgan fingerprint density at radius 1 is 0.434 bits per heavy atom. The van der Waals surface area contributed by atoms with E-state index in [-0.39, 0.29) is 0 Å². The van der Waals surface area contributed by atoms with Crippen LogP contribution < -0.4 is 9.47 Å². The molecule has 6 nitrogen and oxygen atoms in total. The average molecular weight is 687 g/mol. The van der Waals surface area contributed by atoms with Gasteiger partial charge in [-0.3, -0.25) is 0 Å². The van der Waals surface area contributed by atoms with Crippen LogP contribution in [0.3, 0.4) is 0 Å². The molecule has 2 aromatic heterocycles. The summed E-state index contributed by atoms with van der Waals surface area (Å²) in [6.45, 7) is 0. The van der Waals surface area contributed by atoms with Crippen molar-refractivity contribution in [3.63, 3.8) is 0 Å². The zero-order valence-corrected chi connectivity index (χ0v) is 29.4. The van der Waals surface area contributed by atoms with Crippen LogP contribution in [0.5, 0.6) is 11.5 Å². The third-order valence-electron chi connectivity index (χ3n) is 10.5. The van der Waals surface area contributed by atoms with Crippen LogP contribution in [0.4, 0.5) is 0 Å². The highest BCUT2D eigenvalue weighted by molar-refractivity contribution is 6.10. The maximum absolute atomic E-state index is 5.60. The summed E-state index contributed by atoms with van der Waals surface area (Å²) in [7, 11) is 3.42. The molecule has 0 spiro atoms. The van der Waals surface area contributed by atoms with Crippen LogP contribution in [0.1, 0.15) is 22.3 Å². The molecule has 2 heterocycles. The van der Waals surface area contributed by atoms with Crippen LogP contribution in [0.2, 0.25) is 0 Å². The van der Waals surface area contributed by atoms with Crippen molar-refractivity contribution in [3.8, 4) is 51.3 Å². The molecule has 0 saturated heterocycles. The van der Waals surface area contributed by atoms with E-state index in [2.05, 4.69) is 77.4 Å². The standard InChI is InChI=1S/C47H34N4O2/c1-52-39-17-19-43-41(27-39)42-28-40(53-2)18-20-44(42)51(43)38-16-15-32-22-35-24-34-23-33(14-13-31(34)21-36(35)25-37(32)26-38)47-49-45(29-9-5-3-6-10-29)48-46(50-47)30-11-7-4-8-12-30/h3-21,23-24,26-28H,22,25H2,1-2H3. The minimum Gasteiger partial charge on any atom is -0.497 e.